The molecule has 14 heteroatoms. The average molecular weight is 442 g/mol. The zero-order chi connectivity index (χ0) is 22.5. The summed E-state index contributed by atoms with van der Waals surface area (Å²) in [4.78, 5) is 41.5. The minimum atomic E-state index is -1.18. The molecule has 0 aliphatic carbocycles. The van der Waals surface area contributed by atoms with Crippen LogP contribution >= 0.6 is 0 Å². The predicted molar refractivity (Wildman–Crippen MR) is 99.7 cm³/mol. The van der Waals surface area contributed by atoms with Gasteiger partial charge in [-0.1, -0.05) is 4.98 Å². The first-order valence-electron chi connectivity index (χ1n) is 9.29. The summed E-state index contributed by atoms with van der Waals surface area (Å²) in [5.41, 5.74) is 0. The molecule has 1 aliphatic rings. The molecule has 2 rings (SSSR count). The van der Waals surface area contributed by atoms with Gasteiger partial charge >= 0.3 is 26.2 Å². The van der Waals surface area contributed by atoms with Gasteiger partial charge in [-0.2, -0.15) is 0 Å². The Balaban J connectivity index is 0.00000218. The summed E-state index contributed by atoms with van der Waals surface area (Å²) in [7, 11) is 0. The molecule has 0 radical (unpaired) electrons. The van der Waals surface area contributed by atoms with Crippen molar-refractivity contribution in [2.75, 3.05) is 58.9 Å². The second-order valence-electron chi connectivity index (χ2n) is 6.67. The zero-order valence-corrected chi connectivity index (χ0v) is 17.7. The molecular weight excluding hydrogens is 418 g/mol. The summed E-state index contributed by atoms with van der Waals surface area (Å²) in [5.74, 6) is -2.56. The zero-order valence-electron chi connectivity index (χ0n) is 16.5. The van der Waals surface area contributed by atoms with Crippen molar-refractivity contribution >= 4 is 34.6 Å². The van der Waals surface area contributed by atoms with E-state index in [0.29, 0.717) is 58.8 Å². The van der Waals surface area contributed by atoms with Gasteiger partial charge in [-0.3, -0.25) is 9.80 Å². The number of carbonyl (C=O) groups excluding carboxylic acids is 2. The monoisotopic (exact) mass is 442 g/mol. The maximum absolute atomic E-state index is 10.9. The minimum absolute atomic E-state index is 0.204. The molecule has 0 aromatic carbocycles. The molecule has 164 valence electrons. The van der Waals surface area contributed by atoms with E-state index in [2.05, 4.69) is 9.88 Å². The van der Waals surface area contributed by atoms with E-state index in [1.165, 1.54) is 10.8 Å². The SMILES string of the molecule is O=C([O-])CN1CCN(CCCn2ccnc2[N+](=O)[O-])CCN(CC(=O)[O-])CC1.[F][Al+2]. The fraction of sp³-hybridized carbons (Fsp3) is 0.688. The molecule has 1 aromatic heterocycles. The van der Waals surface area contributed by atoms with Gasteiger partial charge in [0.15, 0.2) is 0 Å². The Morgan fingerprint density at radius 2 is 1.43 bits per heavy atom. The molecule has 30 heavy (non-hydrogen) atoms. The number of aliphatic carboxylic acids is 2. The Kier molecular flexibility index (Phi) is 12.1. The van der Waals surface area contributed by atoms with E-state index in [0.717, 1.165) is 16.7 Å². The van der Waals surface area contributed by atoms with Crippen molar-refractivity contribution in [2.24, 2.45) is 0 Å². The first-order chi connectivity index (χ1) is 14.3. The molecule has 0 spiro atoms. The number of halogens is 1. The molecule has 0 amide bonds. The van der Waals surface area contributed by atoms with E-state index in [-0.39, 0.29) is 19.0 Å². The van der Waals surface area contributed by atoms with Crippen LogP contribution in [0, 0.1) is 10.1 Å². The Bertz CT molecular complexity index is 665. The molecule has 1 aromatic rings. The van der Waals surface area contributed by atoms with E-state index in [1.54, 1.807) is 16.0 Å². The summed E-state index contributed by atoms with van der Waals surface area (Å²) in [5, 5.41) is 32.8. The molecular formula is C16H24AlFN6O6. The first kappa shape index (κ1) is 25.9. The molecule has 0 unspecified atom stereocenters. The fourth-order valence-electron chi connectivity index (χ4n) is 3.20. The summed E-state index contributed by atoms with van der Waals surface area (Å²) in [6.07, 6.45) is 3.58. The first-order valence-corrected chi connectivity index (χ1v) is 9.73. The molecule has 1 fully saturated rings. The second-order valence-corrected chi connectivity index (χ2v) is 6.67. The van der Waals surface area contributed by atoms with Gasteiger partial charge in [0.25, 0.3) is 0 Å². The molecule has 1 aliphatic heterocycles. The topological polar surface area (TPSA) is 151 Å². The van der Waals surface area contributed by atoms with E-state index < -0.39 is 16.9 Å². The number of nitro groups is 1. The average Bonchev–Trinajstić information content (AvgIpc) is 3.18. The normalized spacial score (nSPS) is 16.6. The Labute approximate surface area is 181 Å². The van der Waals surface area contributed by atoms with Gasteiger partial charge in [0, 0.05) is 58.9 Å². The number of hydrogen-bond donors (Lipinski definition) is 0. The quantitative estimate of drug-likeness (QED) is 0.215. The van der Waals surface area contributed by atoms with Crippen LogP contribution < -0.4 is 10.2 Å². The van der Waals surface area contributed by atoms with Crippen LogP contribution in [0.1, 0.15) is 6.42 Å². The number of carboxylic acids is 2. The molecule has 12 nitrogen and oxygen atoms in total. The molecule has 1 saturated heterocycles. The summed E-state index contributed by atoms with van der Waals surface area (Å²) in [6, 6.07) is 0. The van der Waals surface area contributed by atoms with Gasteiger partial charge in [0.2, 0.25) is 0 Å². The van der Waals surface area contributed by atoms with Crippen molar-refractivity contribution in [3.05, 3.63) is 22.5 Å². The van der Waals surface area contributed by atoms with Crippen LogP contribution in [0.25, 0.3) is 0 Å². The van der Waals surface area contributed by atoms with Gasteiger partial charge in [-0.05, 0) is 11.3 Å². The summed E-state index contributed by atoms with van der Waals surface area (Å²) < 4.78 is 10.9. The van der Waals surface area contributed by atoms with Crippen molar-refractivity contribution in [1.82, 2.24) is 24.3 Å². The van der Waals surface area contributed by atoms with E-state index in [1.807, 2.05) is 0 Å². The molecule has 2 heterocycles. The molecule has 0 bridgehead atoms. The van der Waals surface area contributed by atoms with Crippen molar-refractivity contribution in [2.45, 2.75) is 13.0 Å². The molecule has 0 atom stereocenters. The van der Waals surface area contributed by atoms with Crippen LogP contribution in [-0.2, 0) is 16.1 Å². The van der Waals surface area contributed by atoms with Gasteiger partial charge in [-0.25, -0.2) is 4.57 Å². The third-order valence-corrected chi connectivity index (χ3v) is 4.63. The third-order valence-electron chi connectivity index (χ3n) is 4.63. The van der Waals surface area contributed by atoms with Crippen LogP contribution in [-0.4, -0.2) is 117 Å². The maximum atomic E-state index is 10.9. The van der Waals surface area contributed by atoms with Gasteiger partial charge < -0.3 is 34.8 Å². The number of carboxylic acid groups (broad SMARTS) is 2. The second kappa shape index (κ2) is 14.0. The van der Waals surface area contributed by atoms with Crippen molar-refractivity contribution in [1.29, 1.82) is 0 Å². The Morgan fingerprint density at radius 3 is 1.87 bits per heavy atom. The number of rotatable bonds is 9. The van der Waals surface area contributed by atoms with Crippen LogP contribution in [0.5, 0.6) is 0 Å². The number of carbonyl (C=O) groups is 2. The predicted octanol–water partition coefficient (Wildman–Crippen LogP) is -3.36. The number of aromatic nitrogens is 2. The van der Waals surface area contributed by atoms with Gasteiger partial charge in [0.05, 0.1) is 18.5 Å². The van der Waals surface area contributed by atoms with Crippen LogP contribution in [0.15, 0.2) is 12.4 Å². The number of aryl methyl sites for hydroxylation is 1. The van der Waals surface area contributed by atoms with E-state index >= 15 is 0 Å². The number of hydrogen-bond acceptors (Lipinski definition) is 10. The van der Waals surface area contributed by atoms with Crippen molar-refractivity contribution in [3.63, 3.8) is 0 Å². The Hall–Kier alpha value is -2.11. The van der Waals surface area contributed by atoms with Crippen LogP contribution in [0.3, 0.4) is 0 Å². The van der Waals surface area contributed by atoms with E-state index in [9.17, 15) is 33.4 Å². The third kappa shape index (κ3) is 9.59. The van der Waals surface area contributed by atoms with Gasteiger partial charge in [-0.15, -0.1) is 0 Å². The number of nitrogens with zero attached hydrogens (tertiary/aromatic N) is 6. The van der Waals surface area contributed by atoms with Crippen LogP contribution in [0.4, 0.5) is 9.47 Å². The van der Waals surface area contributed by atoms with Crippen LogP contribution in [0.2, 0.25) is 0 Å². The Morgan fingerprint density at radius 1 is 0.967 bits per heavy atom. The van der Waals surface area contributed by atoms with Crippen molar-refractivity contribution < 1.29 is 28.2 Å². The summed E-state index contributed by atoms with van der Waals surface area (Å²) in [6.45, 7) is 3.73. The molecule has 0 N–H and O–H groups in total. The number of imidazole rings is 1. The van der Waals surface area contributed by atoms with Gasteiger partial charge in [0.1, 0.15) is 12.4 Å². The van der Waals surface area contributed by atoms with E-state index in [4.69, 9.17) is 0 Å². The fourth-order valence-corrected chi connectivity index (χ4v) is 3.20. The standard InChI is InChI=1S/C16H26N6O6.Al.FH/c23-14(24)12-19-8-6-18(7-9-20(11-10-19)13-15(25)26)3-1-4-21-5-2-17-16(21)22(27)28;;/h2,5H,1,3-4,6-13H2,(H,23,24)(H,25,26);;1H/q;+3;/p-3. The van der Waals surface area contributed by atoms with Crippen molar-refractivity contribution in [3.8, 4) is 0 Å². The molecule has 0 saturated carbocycles. The summed E-state index contributed by atoms with van der Waals surface area (Å²) >= 11 is 0.917.